The van der Waals surface area contributed by atoms with E-state index >= 15 is 0 Å². The topological polar surface area (TPSA) is 108 Å². The third-order valence-corrected chi connectivity index (χ3v) is 4.48. The summed E-state index contributed by atoms with van der Waals surface area (Å²) < 4.78 is 10.3. The number of hydrogen-bond donors (Lipinski definition) is 2. The van der Waals surface area contributed by atoms with Crippen LogP contribution in [0.5, 0.6) is 0 Å². The van der Waals surface area contributed by atoms with Gasteiger partial charge in [0.05, 0.1) is 7.11 Å². The molecule has 7 heteroatoms. The Labute approximate surface area is 172 Å². The Morgan fingerprint density at radius 2 is 1.93 bits per heavy atom. The number of cyclic esters (lactones) is 1. The highest BCUT2D eigenvalue weighted by atomic mass is 16.6. The fraction of sp³-hybridized carbons (Fsp3) is 0.500. The highest BCUT2D eigenvalue weighted by Crippen LogP contribution is 2.22. The van der Waals surface area contributed by atoms with Gasteiger partial charge in [0.1, 0.15) is 12.1 Å². The zero-order valence-electron chi connectivity index (χ0n) is 18.0. The first-order chi connectivity index (χ1) is 13.5. The van der Waals surface area contributed by atoms with Crippen LogP contribution in [0.4, 0.5) is 0 Å². The number of nitrogens with one attached hydrogen (secondary N) is 1. The SMILES string of the molecule is COC1=CC[C@@H]([C@@H](C)C=C(C)C=CC=CC(=O)N[C@H](C(N)=O)C(C)(C)C)OC1=O. The number of carbonyl (C=O) groups excluding carboxylic acids is 3. The van der Waals surface area contributed by atoms with Crippen molar-refractivity contribution in [1.82, 2.24) is 5.32 Å². The summed E-state index contributed by atoms with van der Waals surface area (Å²) in [5, 5.41) is 2.62. The molecule has 1 heterocycles. The normalized spacial score (nSPS) is 20.2. The smallest absolute Gasteiger partial charge is 0.373 e. The summed E-state index contributed by atoms with van der Waals surface area (Å²) in [4.78, 5) is 35.3. The summed E-state index contributed by atoms with van der Waals surface area (Å²) in [5.41, 5.74) is 5.85. The number of amides is 2. The molecule has 1 rings (SSSR count). The quantitative estimate of drug-likeness (QED) is 0.367. The molecule has 0 aromatic carbocycles. The summed E-state index contributed by atoms with van der Waals surface area (Å²) in [6.07, 6.45) is 10.6. The Morgan fingerprint density at radius 3 is 2.45 bits per heavy atom. The number of allylic oxidation sites excluding steroid dienone is 4. The Hall–Kier alpha value is -2.83. The zero-order valence-corrected chi connectivity index (χ0v) is 18.0. The lowest BCUT2D eigenvalue weighted by Crippen LogP contribution is -2.51. The molecule has 29 heavy (non-hydrogen) atoms. The molecule has 3 atom stereocenters. The predicted molar refractivity (Wildman–Crippen MR) is 111 cm³/mol. The van der Waals surface area contributed by atoms with Crippen LogP contribution in [0.2, 0.25) is 0 Å². The number of esters is 1. The molecule has 0 saturated carbocycles. The lowest BCUT2D eigenvalue weighted by Gasteiger charge is -2.28. The van der Waals surface area contributed by atoms with Gasteiger partial charge >= 0.3 is 5.97 Å². The van der Waals surface area contributed by atoms with Gasteiger partial charge in [-0.05, 0) is 18.4 Å². The first kappa shape index (κ1) is 24.2. The molecule has 0 aliphatic carbocycles. The number of methoxy groups -OCH3 is 1. The van der Waals surface area contributed by atoms with E-state index in [9.17, 15) is 14.4 Å². The second-order valence-electron chi connectivity index (χ2n) is 8.15. The lowest BCUT2D eigenvalue weighted by atomic mass is 9.86. The van der Waals surface area contributed by atoms with Gasteiger partial charge in [0, 0.05) is 18.4 Å². The van der Waals surface area contributed by atoms with E-state index in [1.807, 2.05) is 46.8 Å². The van der Waals surface area contributed by atoms with E-state index in [1.54, 1.807) is 18.2 Å². The van der Waals surface area contributed by atoms with Gasteiger partial charge in [-0.2, -0.15) is 0 Å². The molecule has 7 nitrogen and oxygen atoms in total. The fourth-order valence-electron chi connectivity index (χ4n) is 2.87. The van der Waals surface area contributed by atoms with Crippen molar-refractivity contribution in [2.24, 2.45) is 17.1 Å². The van der Waals surface area contributed by atoms with Crippen molar-refractivity contribution in [3.63, 3.8) is 0 Å². The predicted octanol–water partition coefficient (Wildman–Crippen LogP) is 2.54. The van der Waals surface area contributed by atoms with Crippen molar-refractivity contribution in [3.05, 3.63) is 47.8 Å². The van der Waals surface area contributed by atoms with Gasteiger partial charge < -0.3 is 20.5 Å². The molecule has 0 bridgehead atoms. The fourth-order valence-corrected chi connectivity index (χ4v) is 2.87. The van der Waals surface area contributed by atoms with Crippen LogP contribution >= 0.6 is 0 Å². The molecule has 0 fully saturated rings. The number of nitrogens with two attached hydrogens (primary N) is 1. The van der Waals surface area contributed by atoms with Crippen LogP contribution < -0.4 is 11.1 Å². The van der Waals surface area contributed by atoms with Gasteiger partial charge in [0.25, 0.3) is 0 Å². The van der Waals surface area contributed by atoms with E-state index in [2.05, 4.69) is 5.32 Å². The third-order valence-electron chi connectivity index (χ3n) is 4.48. The molecule has 1 aliphatic rings. The first-order valence-electron chi connectivity index (χ1n) is 9.53. The molecule has 0 aromatic heterocycles. The highest BCUT2D eigenvalue weighted by molar-refractivity contribution is 5.93. The van der Waals surface area contributed by atoms with E-state index in [0.29, 0.717) is 6.42 Å². The van der Waals surface area contributed by atoms with Crippen molar-refractivity contribution >= 4 is 17.8 Å². The van der Waals surface area contributed by atoms with Crippen LogP contribution in [-0.4, -0.2) is 37.0 Å². The summed E-state index contributed by atoms with van der Waals surface area (Å²) in [6, 6.07) is -0.753. The molecule has 160 valence electrons. The Morgan fingerprint density at radius 1 is 1.31 bits per heavy atom. The minimum absolute atomic E-state index is 0.0219. The van der Waals surface area contributed by atoms with Crippen LogP contribution in [0.3, 0.4) is 0 Å². The van der Waals surface area contributed by atoms with E-state index < -0.39 is 29.2 Å². The second-order valence-corrected chi connectivity index (χ2v) is 8.15. The maximum atomic E-state index is 12.0. The van der Waals surface area contributed by atoms with Crippen molar-refractivity contribution in [3.8, 4) is 0 Å². The minimum atomic E-state index is -0.753. The van der Waals surface area contributed by atoms with Gasteiger partial charge in [-0.15, -0.1) is 0 Å². The average molecular weight is 405 g/mol. The standard InChI is InChI=1S/C22H32N2O5/c1-14(13-15(2)16-11-12-17(28-6)21(27)29-16)9-7-8-10-18(25)24-19(20(23)26)22(3,4)5/h7-10,12-13,15-16,19H,11H2,1-6H3,(H2,23,26)(H,24,25)/t15-,16-,19+/m0/s1. The van der Waals surface area contributed by atoms with E-state index in [1.165, 1.54) is 13.2 Å². The molecular formula is C22H32N2O5. The summed E-state index contributed by atoms with van der Waals surface area (Å²) in [5.74, 6) is -1.15. The van der Waals surface area contributed by atoms with Gasteiger partial charge in [-0.3, -0.25) is 9.59 Å². The molecule has 0 aromatic rings. The summed E-state index contributed by atoms with van der Waals surface area (Å²) >= 11 is 0. The Kier molecular flexibility index (Phi) is 8.88. The summed E-state index contributed by atoms with van der Waals surface area (Å²) in [6.45, 7) is 9.39. The maximum Gasteiger partial charge on any atom is 0.373 e. The number of rotatable bonds is 8. The van der Waals surface area contributed by atoms with E-state index in [-0.39, 0.29) is 17.8 Å². The summed E-state index contributed by atoms with van der Waals surface area (Å²) in [7, 11) is 1.44. The van der Waals surface area contributed by atoms with Crippen LogP contribution in [0.25, 0.3) is 0 Å². The van der Waals surface area contributed by atoms with Gasteiger partial charge in [0.15, 0.2) is 5.76 Å². The molecule has 0 spiro atoms. The molecular weight excluding hydrogens is 372 g/mol. The van der Waals surface area contributed by atoms with Crippen LogP contribution in [0.1, 0.15) is 41.0 Å². The minimum Gasteiger partial charge on any atom is -0.490 e. The molecule has 1 aliphatic heterocycles. The lowest BCUT2D eigenvalue weighted by molar-refractivity contribution is -0.151. The van der Waals surface area contributed by atoms with Crippen molar-refractivity contribution in [2.45, 2.75) is 53.2 Å². The van der Waals surface area contributed by atoms with Crippen molar-refractivity contribution in [1.29, 1.82) is 0 Å². The molecule has 2 amide bonds. The second kappa shape index (κ2) is 10.6. The molecule has 0 unspecified atom stereocenters. The average Bonchev–Trinajstić information content (AvgIpc) is 2.61. The Bertz CT molecular complexity index is 741. The van der Waals surface area contributed by atoms with Crippen LogP contribution in [0.15, 0.2) is 47.8 Å². The van der Waals surface area contributed by atoms with E-state index in [0.717, 1.165) is 5.57 Å². The maximum absolute atomic E-state index is 12.0. The number of primary amides is 1. The molecule has 3 N–H and O–H groups in total. The van der Waals surface area contributed by atoms with Crippen molar-refractivity contribution < 1.29 is 23.9 Å². The van der Waals surface area contributed by atoms with Crippen LogP contribution in [-0.2, 0) is 23.9 Å². The number of ether oxygens (including phenoxy) is 2. The van der Waals surface area contributed by atoms with Crippen molar-refractivity contribution in [2.75, 3.05) is 7.11 Å². The van der Waals surface area contributed by atoms with Gasteiger partial charge in [-0.1, -0.05) is 57.6 Å². The first-order valence-corrected chi connectivity index (χ1v) is 9.53. The van der Waals surface area contributed by atoms with Gasteiger partial charge in [0.2, 0.25) is 11.8 Å². The number of carbonyl (C=O) groups is 3. The number of hydrogen-bond acceptors (Lipinski definition) is 5. The van der Waals surface area contributed by atoms with E-state index in [4.69, 9.17) is 15.2 Å². The Balaban J connectivity index is 2.62. The third kappa shape index (κ3) is 7.97. The molecule has 0 saturated heterocycles. The zero-order chi connectivity index (χ0) is 22.2. The molecule has 0 radical (unpaired) electrons. The largest absolute Gasteiger partial charge is 0.490 e. The van der Waals surface area contributed by atoms with Gasteiger partial charge in [-0.25, -0.2) is 4.79 Å². The monoisotopic (exact) mass is 404 g/mol. The highest BCUT2D eigenvalue weighted by Gasteiger charge is 2.30. The van der Waals surface area contributed by atoms with Crippen LogP contribution in [0, 0.1) is 11.3 Å².